The van der Waals surface area contributed by atoms with Crippen molar-refractivity contribution in [2.75, 3.05) is 0 Å². The summed E-state index contributed by atoms with van der Waals surface area (Å²) >= 11 is 0. The molecule has 0 spiro atoms. The summed E-state index contributed by atoms with van der Waals surface area (Å²) in [5, 5.41) is 3.31. The molecule has 3 heteroatoms. The summed E-state index contributed by atoms with van der Waals surface area (Å²) in [6.07, 6.45) is 8.79. The van der Waals surface area contributed by atoms with E-state index in [1.54, 1.807) is 0 Å². The molecule has 0 aliphatic heterocycles. The number of hydrogen-bond acceptors (Lipinski definition) is 1. The minimum Gasteiger partial charge on any atom is -0.370 e. The molecule has 0 heterocycles. The zero-order chi connectivity index (χ0) is 12.7. The van der Waals surface area contributed by atoms with E-state index in [9.17, 15) is 0 Å². The van der Waals surface area contributed by atoms with Crippen LogP contribution in [0.2, 0.25) is 0 Å². The van der Waals surface area contributed by atoms with Crippen molar-refractivity contribution in [3.05, 3.63) is 0 Å². The Kier molecular flexibility index (Phi) is 6.38. The lowest BCUT2D eigenvalue weighted by Gasteiger charge is -2.16. The molecule has 0 aromatic rings. The maximum absolute atomic E-state index is 5.92. The fourth-order valence-electron chi connectivity index (χ4n) is 2.42. The first kappa shape index (κ1) is 14.3. The van der Waals surface area contributed by atoms with E-state index in [-0.39, 0.29) is 0 Å². The van der Waals surface area contributed by atoms with Crippen LogP contribution in [0.5, 0.6) is 0 Å². The second-order valence-corrected chi connectivity index (χ2v) is 5.82. The summed E-state index contributed by atoms with van der Waals surface area (Å²) in [4.78, 5) is 4.54. The number of rotatable bonds is 6. The number of aliphatic imine (C=N–C) groups is 1. The first-order valence-corrected chi connectivity index (χ1v) is 7.17. The van der Waals surface area contributed by atoms with Gasteiger partial charge in [0.05, 0.1) is 6.04 Å². The Morgan fingerprint density at radius 3 is 2.47 bits per heavy atom. The maximum Gasteiger partial charge on any atom is 0.189 e. The largest absolute Gasteiger partial charge is 0.370 e. The van der Waals surface area contributed by atoms with Crippen LogP contribution in [-0.2, 0) is 0 Å². The third kappa shape index (κ3) is 6.54. The van der Waals surface area contributed by atoms with Gasteiger partial charge in [-0.2, -0.15) is 0 Å². The van der Waals surface area contributed by atoms with E-state index in [2.05, 4.69) is 31.1 Å². The molecule has 17 heavy (non-hydrogen) atoms. The molecule has 100 valence electrons. The van der Waals surface area contributed by atoms with Crippen LogP contribution in [0.3, 0.4) is 0 Å². The van der Waals surface area contributed by atoms with Crippen molar-refractivity contribution in [2.45, 2.75) is 77.8 Å². The molecule has 0 aromatic heterocycles. The van der Waals surface area contributed by atoms with Crippen LogP contribution >= 0.6 is 0 Å². The Balaban J connectivity index is 2.17. The average Bonchev–Trinajstić information content (AvgIpc) is 2.69. The van der Waals surface area contributed by atoms with Gasteiger partial charge in [0, 0.05) is 6.04 Å². The van der Waals surface area contributed by atoms with Gasteiger partial charge in [0.1, 0.15) is 0 Å². The van der Waals surface area contributed by atoms with Crippen LogP contribution in [0, 0.1) is 5.92 Å². The van der Waals surface area contributed by atoms with Crippen molar-refractivity contribution in [3.63, 3.8) is 0 Å². The zero-order valence-electron chi connectivity index (χ0n) is 11.7. The molecular formula is C14H29N3. The lowest BCUT2D eigenvalue weighted by Crippen LogP contribution is -2.39. The normalized spacial score (nSPS) is 19.9. The number of nitrogens with one attached hydrogen (secondary N) is 1. The number of nitrogens with two attached hydrogens (primary N) is 1. The number of nitrogens with zero attached hydrogens (tertiary/aromatic N) is 1. The SMILES string of the molecule is CC(C)CCCC(C)NC(N)=NC1CCCC1. The van der Waals surface area contributed by atoms with Crippen molar-refractivity contribution < 1.29 is 0 Å². The Bertz CT molecular complexity index is 230. The molecule has 0 amide bonds. The van der Waals surface area contributed by atoms with Gasteiger partial charge in [0.15, 0.2) is 5.96 Å². The molecule has 0 saturated heterocycles. The molecule has 0 radical (unpaired) electrons. The molecule has 3 N–H and O–H groups in total. The summed E-state index contributed by atoms with van der Waals surface area (Å²) in [6.45, 7) is 6.74. The van der Waals surface area contributed by atoms with Crippen LogP contribution in [0.25, 0.3) is 0 Å². The minimum absolute atomic E-state index is 0.443. The predicted molar refractivity (Wildman–Crippen MR) is 75.2 cm³/mol. The van der Waals surface area contributed by atoms with Crippen LogP contribution in [0.4, 0.5) is 0 Å². The molecule has 1 fully saturated rings. The van der Waals surface area contributed by atoms with E-state index in [4.69, 9.17) is 5.73 Å². The fraction of sp³-hybridized carbons (Fsp3) is 0.929. The van der Waals surface area contributed by atoms with Gasteiger partial charge in [0.25, 0.3) is 0 Å². The quantitative estimate of drug-likeness (QED) is 0.553. The van der Waals surface area contributed by atoms with Gasteiger partial charge in [-0.25, -0.2) is 0 Å². The highest BCUT2D eigenvalue weighted by Crippen LogP contribution is 2.20. The highest BCUT2D eigenvalue weighted by atomic mass is 15.1. The van der Waals surface area contributed by atoms with Gasteiger partial charge in [-0.05, 0) is 32.1 Å². The Labute approximate surface area is 106 Å². The van der Waals surface area contributed by atoms with E-state index in [1.807, 2.05) is 0 Å². The lowest BCUT2D eigenvalue weighted by atomic mass is 10.0. The van der Waals surface area contributed by atoms with E-state index < -0.39 is 0 Å². The molecule has 3 nitrogen and oxygen atoms in total. The topological polar surface area (TPSA) is 50.4 Å². The second kappa shape index (κ2) is 7.57. The van der Waals surface area contributed by atoms with E-state index >= 15 is 0 Å². The van der Waals surface area contributed by atoms with Crippen LogP contribution in [0.1, 0.15) is 65.7 Å². The molecule has 1 aliphatic carbocycles. The van der Waals surface area contributed by atoms with Crippen molar-refractivity contribution in [2.24, 2.45) is 16.6 Å². The predicted octanol–water partition coefficient (Wildman–Crippen LogP) is 3.05. The van der Waals surface area contributed by atoms with Gasteiger partial charge in [-0.15, -0.1) is 0 Å². The van der Waals surface area contributed by atoms with E-state index in [1.165, 1.54) is 44.9 Å². The first-order valence-electron chi connectivity index (χ1n) is 7.17. The monoisotopic (exact) mass is 239 g/mol. The minimum atomic E-state index is 0.443. The molecule has 1 atom stereocenters. The molecule has 0 aromatic carbocycles. The van der Waals surface area contributed by atoms with Crippen LogP contribution in [0.15, 0.2) is 4.99 Å². The highest BCUT2D eigenvalue weighted by Gasteiger charge is 2.14. The van der Waals surface area contributed by atoms with Gasteiger partial charge >= 0.3 is 0 Å². The second-order valence-electron chi connectivity index (χ2n) is 5.82. The van der Waals surface area contributed by atoms with Gasteiger partial charge in [-0.1, -0.05) is 39.5 Å². The summed E-state index contributed by atoms with van der Waals surface area (Å²) in [7, 11) is 0. The van der Waals surface area contributed by atoms with Crippen molar-refractivity contribution >= 4 is 5.96 Å². The fourth-order valence-corrected chi connectivity index (χ4v) is 2.42. The van der Waals surface area contributed by atoms with Gasteiger partial charge in [-0.3, -0.25) is 4.99 Å². The molecular weight excluding hydrogens is 210 g/mol. The zero-order valence-corrected chi connectivity index (χ0v) is 11.7. The summed E-state index contributed by atoms with van der Waals surface area (Å²) < 4.78 is 0. The Morgan fingerprint density at radius 2 is 1.88 bits per heavy atom. The van der Waals surface area contributed by atoms with Crippen LogP contribution in [-0.4, -0.2) is 18.0 Å². The standard InChI is InChI=1S/C14H29N3/c1-11(2)7-6-8-12(3)16-14(15)17-13-9-4-5-10-13/h11-13H,4-10H2,1-3H3,(H3,15,16,17). The van der Waals surface area contributed by atoms with E-state index in [0.29, 0.717) is 18.0 Å². The van der Waals surface area contributed by atoms with Gasteiger partial charge in [0.2, 0.25) is 0 Å². The van der Waals surface area contributed by atoms with Crippen molar-refractivity contribution in [1.29, 1.82) is 0 Å². The lowest BCUT2D eigenvalue weighted by molar-refractivity contribution is 0.493. The first-order chi connectivity index (χ1) is 8.08. The highest BCUT2D eigenvalue weighted by molar-refractivity contribution is 5.78. The summed E-state index contributed by atoms with van der Waals surface area (Å²) in [6, 6.07) is 0.921. The number of guanidine groups is 1. The molecule has 1 rings (SSSR count). The molecule has 1 aliphatic rings. The third-order valence-corrected chi connectivity index (χ3v) is 3.46. The summed E-state index contributed by atoms with van der Waals surface area (Å²) in [5.41, 5.74) is 5.92. The number of hydrogen-bond donors (Lipinski definition) is 2. The Hall–Kier alpha value is -0.730. The van der Waals surface area contributed by atoms with Crippen molar-refractivity contribution in [1.82, 2.24) is 5.32 Å². The smallest absolute Gasteiger partial charge is 0.189 e. The maximum atomic E-state index is 5.92. The molecule has 1 saturated carbocycles. The molecule has 0 bridgehead atoms. The Morgan fingerprint density at radius 1 is 1.24 bits per heavy atom. The van der Waals surface area contributed by atoms with Crippen molar-refractivity contribution in [3.8, 4) is 0 Å². The summed E-state index contributed by atoms with van der Waals surface area (Å²) in [5.74, 6) is 1.45. The van der Waals surface area contributed by atoms with Gasteiger partial charge < -0.3 is 11.1 Å². The van der Waals surface area contributed by atoms with E-state index in [0.717, 1.165) is 5.92 Å². The molecule has 1 unspecified atom stereocenters. The average molecular weight is 239 g/mol. The van der Waals surface area contributed by atoms with Crippen LogP contribution < -0.4 is 11.1 Å². The third-order valence-electron chi connectivity index (χ3n) is 3.46.